The van der Waals surface area contributed by atoms with Crippen LogP contribution in [-0.4, -0.2) is 78.5 Å². The van der Waals surface area contributed by atoms with Crippen LogP contribution >= 0.6 is 0 Å². The number of morpholine rings is 1. The molecular formula is C31H41N5O5. The van der Waals surface area contributed by atoms with Gasteiger partial charge in [-0.15, -0.1) is 0 Å². The van der Waals surface area contributed by atoms with Crippen molar-refractivity contribution in [2.24, 2.45) is 17.3 Å². The molecule has 1 saturated carbocycles. The molecule has 1 aliphatic carbocycles. The van der Waals surface area contributed by atoms with Crippen molar-refractivity contribution in [2.75, 3.05) is 38.2 Å². The normalized spacial score (nSPS) is 25.3. The van der Waals surface area contributed by atoms with Gasteiger partial charge in [-0.05, 0) is 35.8 Å². The number of fused-ring (bicyclic) bond motifs is 2. The topological polar surface area (TPSA) is 112 Å². The number of anilines is 1. The lowest BCUT2D eigenvalue weighted by atomic mass is 9.80. The van der Waals surface area contributed by atoms with Crippen LogP contribution in [0.2, 0.25) is 0 Å². The van der Waals surface area contributed by atoms with E-state index in [2.05, 4.69) is 15.5 Å². The maximum Gasteiger partial charge on any atom is 0.318 e. The Bertz CT molecular complexity index is 1240. The molecule has 10 heteroatoms. The van der Waals surface area contributed by atoms with E-state index in [4.69, 9.17) is 11.3 Å². The van der Waals surface area contributed by atoms with E-state index < -0.39 is 23.5 Å². The lowest BCUT2D eigenvalue weighted by Gasteiger charge is -2.31. The number of benzene rings is 1. The number of nitrogens with one attached hydrogen (secondary N) is 2. The van der Waals surface area contributed by atoms with Crippen molar-refractivity contribution in [2.45, 2.75) is 76.9 Å². The Morgan fingerprint density at radius 1 is 1.20 bits per heavy atom. The Labute approximate surface area is 242 Å². The molecule has 0 aromatic heterocycles. The zero-order valence-electron chi connectivity index (χ0n) is 24.3. The standard InChI is InChI=1S/C31H41N5O5/c1-30(2,3)17-21(16-25(37)24(15-20-9-10-20)34-29(40)35-11-13-41-14-12-35)27(38)36-19-31(18-26(36)32-4)22-7-5-6-8-23(22)33-28(31)39/h5-8,20-21,24,26H,9-19H2,1-3H3,(H,33,39)(H,34,40)/t21-,24-,26-,31-/m0/s1. The number of rotatable bonds is 8. The van der Waals surface area contributed by atoms with E-state index in [1.165, 1.54) is 4.90 Å². The first-order chi connectivity index (χ1) is 19.5. The first-order valence-electron chi connectivity index (χ1n) is 14.7. The van der Waals surface area contributed by atoms with Gasteiger partial charge in [0.05, 0.1) is 25.7 Å². The maximum absolute atomic E-state index is 14.2. The molecule has 4 aliphatic rings. The molecule has 5 rings (SSSR count). The zero-order chi connectivity index (χ0) is 29.4. The number of carbonyl (C=O) groups excluding carboxylic acids is 4. The van der Waals surface area contributed by atoms with Gasteiger partial charge >= 0.3 is 12.2 Å². The second-order valence-corrected chi connectivity index (χ2v) is 13.3. The van der Waals surface area contributed by atoms with Crippen molar-refractivity contribution in [3.8, 4) is 0 Å². The number of nitrogens with zero attached hydrogens (tertiary/aromatic N) is 3. The first kappa shape index (κ1) is 29.1. The monoisotopic (exact) mass is 563 g/mol. The molecular weight excluding hydrogens is 522 g/mol. The summed E-state index contributed by atoms with van der Waals surface area (Å²) < 4.78 is 5.35. The fourth-order valence-electron chi connectivity index (χ4n) is 6.53. The highest BCUT2D eigenvalue weighted by molar-refractivity contribution is 6.07. The highest BCUT2D eigenvalue weighted by Crippen LogP contribution is 2.47. The van der Waals surface area contributed by atoms with Crippen molar-refractivity contribution in [3.63, 3.8) is 0 Å². The number of carbonyl (C=O) groups is 4. The van der Waals surface area contributed by atoms with Gasteiger partial charge in [0.1, 0.15) is 5.41 Å². The Morgan fingerprint density at radius 3 is 2.56 bits per heavy atom. The Hall–Kier alpha value is -3.45. The average molecular weight is 564 g/mol. The largest absolute Gasteiger partial charge is 0.378 e. The van der Waals surface area contributed by atoms with Crippen LogP contribution in [0.5, 0.6) is 0 Å². The number of ether oxygens (including phenoxy) is 1. The van der Waals surface area contributed by atoms with Crippen LogP contribution in [0.3, 0.4) is 0 Å². The van der Waals surface area contributed by atoms with Gasteiger partial charge in [-0.3, -0.25) is 24.1 Å². The summed E-state index contributed by atoms with van der Waals surface area (Å²) in [5.41, 5.74) is 0.299. The lowest BCUT2D eigenvalue weighted by molar-refractivity contribution is -0.140. The van der Waals surface area contributed by atoms with Crippen molar-refractivity contribution in [1.29, 1.82) is 0 Å². The number of para-hydroxylation sites is 1. The predicted octanol–water partition coefficient (Wildman–Crippen LogP) is 3.58. The molecule has 4 amide bonds. The fourth-order valence-corrected chi connectivity index (χ4v) is 6.53. The minimum atomic E-state index is -0.974. The molecule has 2 saturated heterocycles. The molecule has 41 heavy (non-hydrogen) atoms. The van der Waals surface area contributed by atoms with Gasteiger partial charge in [0.15, 0.2) is 5.78 Å². The zero-order valence-corrected chi connectivity index (χ0v) is 24.3. The number of hydrogen-bond donors (Lipinski definition) is 2. The maximum atomic E-state index is 14.2. The predicted molar refractivity (Wildman–Crippen MR) is 153 cm³/mol. The summed E-state index contributed by atoms with van der Waals surface area (Å²) in [7, 11) is 0. The highest BCUT2D eigenvalue weighted by atomic mass is 16.5. The van der Waals surface area contributed by atoms with Crippen LogP contribution in [0.4, 0.5) is 10.5 Å². The third-order valence-electron chi connectivity index (χ3n) is 8.79. The molecule has 3 fully saturated rings. The van der Waals surface area contributed by atoms with Crippen LogP contribution in [0.25, 0.3) is 4.85 Å². The summed E-state index contributed by atoms with van der Waals surface area (Å²) in [5.74, 6) is -0.882. The minimum Gasteiger partial charge on any atom is -0.378 e. The van der Waals surface area contributed by atoms with E-state index in [9.17, 15) is 19.2 Å². The number of ketones is 1. The number of Topliss-reactive ketones (excluding diaryl/α,β-unsaturated/α-hetero) is 1. The molecule has 1 aromatic rings. The van der Waals surface area contributed by atoms with Gasteiger partial charge in [-0.1, -0.05) is 51.8 Å². The van der Waals surface area contributed by atoms with Crippen molar-refractivity contribution in [1.82, 2.24) is 15.1 Å². The Balaban J connectivity index is 1.35. The van der Waals surface area contributed by atoms with Crippen LogP contribution < -0.4 is 10.6 Å². The van der Waals surface area contributed by atoms with E-state index >= 15 is 0 Å². The number of amides is 4. The average Bonchev–Trinajstić information content (AvgIpc) is 3.61. The third-order valence-corrected chi connectivity index (χ3v) is 8.79. The van der Waals surface area contributed by atoms with Crippen molar-refractivity contribution < 1.29 is 23.9 Å². The summed E-state index contributed by atoms with van der Waals surface area (Å²) in [6.07, 6.45) is 2.50. The Kier molecular flexibility index (Phi) is 8.11. The van der Waals surface area contributed by atoms with Gasteiger partial charge in [-0.2, -0.15) is 0 Å². The second-order valence-electron chi connectivity index (χ2n) is 13.3. The van der Waals surface area contributed by atoms with E-state index in [-0.39, 0.29) is 48.4 Å². The minimum absolute atomic E-state index is 0.0200. The molecule has 4 atom stereocenters. The van der Waals surface area contributed by atoms with Crippen LogP contribution in [0, 0.1) is 23.8 Å². The van der Waals surface area contributed by atoms with Crippen LogP contribution in [0.15, 0.2) is 24.3 Å². The third kappa shape index (κ3) is 6.25. The van der Waals surface area contributed by atoms with Crippen LogP contribution in [-0.2, 0) is 24.5 Å². The lowest BCUT2D eigenvalue weighted by Crippen LogP contribution is -2.52. The molecule has 1 aromatic carbocycles. The van der Waals surface area contributed by atoms with Gasteiger partial charge in [0, 0.05) is 37.7 Å². The van der Waals surface area contributed by atoms with E-state index in [0.29, 0.717) is 45.1 Å². The fraction of sp³-hybridized carbons (Fsp3) is 0.645. The smallest absolute Gasteiger partial charge is 0.318 e. The van der Waals surface area contributed by atoms with Gasteiger partial charge < -0.3 is 20.3 Å². The van der Waals surface area contributed by atoms with E-state index in [1.54, 1.807) is 4.90 Å². The van der Waals surface area contributed by atoms with Crippen molar-refractivity contribution >= 4 is 29.3 Å². The molecule has 2 N–H and O–H groups in total. The summed E-state index contributed by atoms with van der Waals surface area (Å²) in [6.45, 7) is 16.0. The summed E-state index contributed by atoms with van der Waals surface area (Å²) >= 11 is 0. The highest BCUT2D eigenvalue weighted by Gasteiger charge is 2.59. The molecule has 0 bridgehead atoms. The summed E-state index contributed by atoms with van der Waals surface area (Å²) in [6, 6.07) is 6.51. The first-order valence-corrected chi connectivity index (χ1v) is 14.7. The van der Waals surface area contributed by atoms with E-state index in [1.807, 2.05) is 45.0 Å². The molecule has 220 valence electrons. The molecule has 10 nitrogen and oxygen atoms in total. The number of likely N-dealkylation sites (tertiary alicyclic amines) is 1. The number of urea groups is 1. The number of hydrogen-bond acceptors (Lipinski definition) is 5. The van der Waals surface area contributed by atoms with E-state index in [0.717, 1.165) is 24.1 Å². The Morgan fingerprint density at radius 2 is 1.90 bits per heavy atom. The SMILES string of the molecule is [C-]#[N+][C@@H]1C[C@@]2(CN1C(=O)[C@@H](CC(=O)[C@H](CC1CC1)NC(=O)N1CCOCC1)CC(C)(C)C)C(=O)Nc1ccccc12. The quantitative estimate of drug-likeness (QED) is 0.470. The summed E-state index contributed by atoms with van der Waals surface area (Å²) in [4.78, 5) is 61.2. The second kappa shape index (κ2) is 11.4. The van der Waals surface area contributed by atoms with Crippen LogP contribution in [0.1, 0.15) is 64.9 Å². The summed E-state index contributed by atoms with van der Waals surface area (Å²) in [5, 5.41) is 5.90. The van der Waals surface area contributed by atoms with Gasteiger partial charge in [0.2, 0.25) is 11.8 Å². The van der Waals surface area contributed by atoms with Gasteiger partial charge in [0.25, 0.3) is 0 Å². The molecule has 3 heterocycles. The molecule has 0 unspecified atom stereocenters. The molecule has 3 aliphatic heterocycles. The van der Waals surface area contributed by atoms with Crippen molar-refractivity contribution in [3.05, 3.63) is 41.2 Å². The molecule has 1 spiro atoms. The molecule has 0 radical (unpaired) electrons. The van der Waals surface area contributed by atoms with Gasteiger partial charge in [-0.25, -0.2) is 11.4 Å².